The van der Waals surface area contributed by atoms with Crippen molar-refractivity contribution in [2.45, 2.75) is 31.1 Å². The first-order chi connectivity index (χ1) is 10.6. The van der Waals surface area contributed by atoms with E-state index in [0.717, 1.165) is 21.4 Å². The molecule has 22 heavy (non-hydrogen) atoms. The van der Waals surface area contributed by atoms with Crippen LogP contribution in [0.3, 0.4) is 0 Å². The third kappa shape index (κ3) is 5.08. The summed E-state index contributed by atoms with van der Waals surface area (Å²) in [5.41, 5.74) is 2.08. The van der Waals surface area contributed by atoms with Crippen molar-refractivity contribution in [2.75, 3.05) is 11.1 Å². The fourth-order valence-corrected chi connectivity index (χ4v) is 3.10. The Hall–Kier alpha value is -1.45. The van der Waals surface area contributed by atoms with Gasteiger partial charge in [0.15, 0.2) is 0 Å². The fraction of sp³-hybridized carbons (Fsp3) is 0.278. The fourth-order valence-electron chi connectivity index (χ4n) is 2.12. The van der Waals surface area contributed by atoms with Crippen LogP contribution in [0.1, 0.15) is 31.7 Å². The molecule has 0 saturated carbocycles. The summed E-state index contributed by atoms with van der Waals surface area (Å²) in [5, 5.41) is 3.74. The zero-order valence-electron chi connectivity index (χ0n) is 12.8. The number of rotatable bonds is 6. The van der Waals surface area contributed by atoms with Crippen LogP contribution >= 0.6 is 23.4 Å². The number of carbonyl (C=O) groups is 1. The first-order valence-corrected chi connectivity index (χ1v) is 8.70. The predicted octanol–water partition coefficient (Wildman–Crippen LogP) is 5.58. The van der Waals surface area contributed by atoms with Gasteiger partial charge in [0.25, 0.3) is 0 Å². The van der Waals surface area contributed by atoms with Crippen molar-refractivity contribution in [3.05, 3.63) is 59.1 Å². The van der Waals surface area contributed by atoms with E-state index in [9.17, 15) is 4.79 Å². The minimum Gasteiger partial charge on any atom is -0.326 e. The average Bonchev–Trinajstić information content (AvgIpc) is 2.49. The SMILES string of the molecule is CC(C)c1ccccc1NC(=O)CCSc1ccc(Cl)cc1. The number of carbonyl (C=O) groups excluding carboxylic acids is 1. The summed E-state index contributed by atoms with van der Waals surface area (Å²) >= 11 is 7.51. The molecule has 116 valence electrons. The van der Waals surface area contributed by atoms with E-state index in [0.29, 0.717) is 12.3 Å². The van der Waals surface area contributed by atoms with Crippen LogP contribution in [0.2, 0.25) is 5.02 Å². The number of hydrogen-bond acceptors (Lipinski definition) is 2. The van der Waals surface area contributed by atoms with E-state index in [2.05, 4.69) is 25.2 Å². The van der Waals surface area contributed by atoms with Gasteiger partial charge in [-0.05, 0) is 41.8 Å². The number of anilines is 1. The van der Waals surface area contributed by atoms with Crippen LogP contribution in [0.15, 0.2) is 53.4 Å². The largest absolute Gasteiger partial charge is 0.326 e. The van der Waals surface area contributed by atoms with Gasteiger partial charge in [0.2, 0.25) is 5.91 Å². The molecule has 0 heterocycles. The van der Waals surface area contributed by atoms with Gasteiger partial charge in [-0.3, -0.25) is 4.79 Å². The number of halogens is 1. The van der Waals surface area contributed by atoms with Crippen molar-refractivity contribution < 1.29 is 4.79 Å². The molecule has 2 nitrogen and oxygen atoms in total. The molecule has 1 N–H and O–H groups in total. The zero-order chi connectivity index (χ0) is 15.9. The van der Waals surface area contributed by atoms with Gasteiger partial charge in [0.1, 0.15) is 0 Å². The van der Waals surface area contributed by atoms with Gasteiger partial charge in [0, 0.05) is 27.8 Å². The first-order valence-electron chi connectivity index (χ1n) is 7.33. The van der Waals surface area contributed by atoms with Gasteiger partial charge in [-0.25, -0.2) is 0 Å². The molecule has 0 aliphatic heterocycles. The highest BCUT2D eigenvalue weighted by Gasteiger charge is 2.09. The lowest BCUT2D eigenvalue weighted by atomic mass is 10.0. The smallest absolute Gasteiger partial charge is 0.225 e. The molecule has 4 heteroatoms. The summed E-state index contributed by atoms with van der Waals surface area (Å²) < 4.78 is 0. The highest BCUT2D eigenvalue weighted by atomic mass is 35.5. The van der Waals surface area contributed by atoms with E-state index in [4.69, 9.17) is 11.6 Å². The highest BCUT2D eigenvalue weighted by Crippen LogP contribution is 2.24. The lowest BCUT2D eigenvalue weighted by molar-refractivity contribution is -0.115. The van der Waals surface area contributed by atoms with Gasteiger partial charge in [-0.15, -0.1) is 11.8 Å². The van der Waals surface area contributed by atoms with E-state index in [-0.39, 0.29) is 5.91 Å². The Morgan fingerprint density at radius 2 is 1.82 bits per heavy atom. The van der Waals surface area contributed by atoms with Gasteiger partial charge < -0.3 is 5.32 Å². The Bertz CT molecular complexity index is 625. The third-order valence-corrected chi connectivity index (χ3v) is 4.53. The number of benzene rings is 2. The quantitative estimate of drug-likeness (QED) is 0.699. The Kier molecular flexibility index (Phi) is 6.34. The van der Waals surface area contributed by atoms with Crippen LogP contribution in [-0.4, -0.2) is 11.7 Å². The zero-order valence-corrected chi connectivity index (χ0v) is 14.4. The average molecular weight is 334 g/mol. The maximum absolute atomic E-state index is 12.1. The Balaban J connectivity index is 1.84. The summed E-state index contributed by atoms with van der Waals surface area (Å²) in [7, 11) is 0. The van der Waals surface area contributed by atoms with Crippen molar-refractivity contribution in [1.29, 1.82) is 0 Å². The van der Waals surface area contributed by atoms with Crippen LogP contribution in [0.25, 0.3) is 0 Å². The summed E-state index contributed by atoms with van der Waals surface area (Å²) in [5.74, 6) is 1.19. The van der Waals surface area contributed by atoms with Crippen molar-refractivity contribution in [3.8, 4) is 0 Å². The standard InChI is InChI=1S/C18H20ClNOS/c1-13(2)16-5-3-4-6-17(16)20-18(21)11-12-22-15-9-7-14(19)8-10-15/h3-10,13H,11-12H2,1-2H3,(H,20,21). The molecule has 0 radical (unpaired) electrons. The molecule has 0 aliphatic carbocycles. The van der Waals surface area contributed by atoms with Crippen molar-refractivity contribution >= 4 is 35.0 Å². The molecule has 0 aliphatic rings. The van der Waals surface area contributed by atoms with Crippen molar-refractivity contribution in [2.24, 2.45) is 0 Å². The first kappa shape index (κ1) is 16.9. The lowest BCUT2D eigenvalue weighted by Gasteiger charge is -2.13. The van der Waals surface area contributed by atoms with Crippen LogP contribution in [-0.2, 0) is 4.79 Å². The Morgan fingerprint density at radius 3 is 2.50 bits per heavy atom. The van der Waals surface area contributed by atoms with Crippen LogP contribution in [0.5, 0.6) is 0 Å². The minimum absolute atomic E-state index is 0.0505. The molecular weight excluding hydrogens is 314 g/mol. The second-order valence-corrected chi connectivity index (χ2v) is 6.95. The molecule has 0 saturated heterocycles. The minimum atomic E-state index is 0.0505. The number of nitrogens with one attached hydrogen (secondary N) is 1. The van der Waals surface area contributed by atoms with E-state index in [1.165, 1.54) is 5.56 Å². The van der Waals surface area contributed by atoms with E-state index in [1.807, 2.05) is 42.5 Å². The predicted molar refractivity (Wildman–Crippen MR) is 96.0 cm³/mol. The molecule has 2 rings (SSSR count). The Morgan fingerprint density at radius 1 is 1.14 bits per heavy atom. The van der Waals surface area contributed by atoms with E-state index < -0.39 is 0 Å². The molecule has 1 amide bonds. The van der Waals surface area contributed by atoms with Gasteiger partial charge in [0.05, 0.1) is 0 Å². The van der Waals surface area contributed by atoms with Gasteiger partial charge in [-0.1, -0.05) is 43.6 Å². The monoisotopic (exact) mass is 333 g/mol. The van der Waals surface area contributed by atoms with E-state index in [1.54, 1.807) is 11.8 Å². The molecule has 0 aromatic heterocycles. The lowest BCUT2D eigenvalue weighted by Crippen LogP contribution is -2.13. The summed E-state index contributed by atoms with van der Waals surface area (Å²) in [6.45, 7) is 4.25. The summed E-state index contributed by atoms with van der Waals surface area (Å²) in [6, 6.07) is 15.6. The normalized spacial score (nSPS) is 10.7. The summed E-state index contributed by atoms with van der Waals surface area (Å²) in [4.78, 5) is 13.2. The van der Waals surface area contributed by atoms with Gasteiger partial charge >= 0.3 is 0 Å². The van der Waals surface area contributed by atoms with Crippen LogP contribution in [0, 0.1) is 0 Å². The second-order valence-electron chi connectivity index (χ2n) is 5.34. The third-order valence-electron chi connectivity index (χ3n) is 3.27. The highest BCUT2D eigenvalue weighted by molar-refractivity contribution is 7.99. The number of amides is 1. The van der Waals surface area contributed by atoms with Crippen molar-refractivity contribution in [3.63, 3.8) is 0 Å². The maximum atomic E-state index is 12.1. The molecule has 0 unspecified atom stereocenters. The molecule has 0 spiro atoms. The molecule has 0 fully saturated rings. The van der Waals surface area contributed by atoms with Crippen LogP contribution in [0.4, 0.5) is 5.69 Å². The number of para-hydroxylation sites is 1. The molecule has 2 aromatic rings. The molecular formula is C18H20ClNOS. The number of hydrogen-bond donors (Lipinski definition) is 1. The maximum Gasteiger partial charge on any atom is 0.225 e. The molecule has 0 bridgehead atoms. The van der Waals surface area contributed by atoms with Crippen molar-refractivity contribution in [1.82, 2.24) is 0 Å². The second kappa shape index (κ2) is 8.25. The Labute approximate surface area is 141 Å². The topological polar surface area (TPSA) is 29.1 Å². The summed E-state index contributed by atoms with van der Waals surface area (Å²) in [6.07, 6.45) is 0.486. The molecule has 0 atom stereocenters. The number of thioether (sulfide) groups is 1. The molecule has 2 aromatic carbocycles. The van der Waals surface area contributed by atoms with E-state index >= 15 is 0 Å². The van der Waals surface area contributed by atoms with Crippen LogP contribution < -0.4 is 5.32 Å². The van der Waals surface area contributed by atoms with Gasteiger partial charge in [-0.2, -0.15) is 0 Å².